The Kier molecular flexibility index (Phi) is 4.16. The Morgan fingerprint density at radius 3 is 2.71 bits per heavy atom. The minimum Gasteiger partial charge on any atom is -0.507 e. The van der Waals surface area contributed by atoms with Crippen LogP contribution in [-0.2, 0) is 4.79 Å². The van der Waals surface area contributed by atoms with E-state index in [4.69, 9.17) is 0 Å². The molecule has 3 N–H and O–H groups in total. The van der Waals surface area contributed by atoms with E-state index in [0.29, 0.717) is 12.8 Å². The number of aromatic hydroxyl groups is 1. The number of carboxylic acids is 1. The fourth-order valence-electron chi connectivity index (χ4n) is 2.75. The van der Waals surface area contributed by atoms with Gasteiger partial charge in [-0.15, -0.1) is 0 Å². The minimum atomic E-state index is -1.02. The van der Waals surface area contributed by atoms with Gasteiger partial charge < -0.3 is 15.5 Å². The summed E-state index contributed by atoms with van der Waals surface area (Å²) in [7, 11) is 0. The zero-order valence-corrected chi connectivity index (χ0v) is 11.7. The van der Waals surface area contributed by atoms with Crippen molar-refractivity contribution in [3.05, 3.63) is 29.6 Å². The highest BCUT2D eigenvalue weighted by Gasteiger charge is 2.44. The average Bonchev–Trinajstić information content (AvgIpc) is 2.41. The number of carboxylic acid groups (broad SMARTS) is 1. The van der Waals surface area contributed by atoms with E-state index in [2.05, 4.69) is 5.32 Å². The Hall–Kier alpha value is -2.11. The molecular weight excluding hydrogens is 277 g/mol. The van der Waals surface area contributed by atoms with Crippen molar-refractivity contribution < 1.29 is 24.2 Å². The highest BCUT2D eigenvalue weighted by molar-refractivity contribution is 5.97. The zero-order chi connectivity index (χ0) is 15.6. The molecule has 1 amide bonds. The van der Waals surface area contributed by atoms with Crippen molar-refractivity contribution >= 4 is 11.9 Å². The van der Waals surface area contributed by atoms with Crippen molar-refractivity contribution in [3.63, 3.8) is 0 Å². The maximum Gasteiger partial charge on any atom is 0.311 e. The van der Waals surface area contributed by atoms with Crippen LogP contribution in [0, 0.1) is 11.2 Å². The summed E-state index contributed by atoms with van der Waals surface area (Å²) in [5.41, 5.74) is -1.08. The molecule has 0 radical (unpaired) electrons. The molecule has 21 heavy (non-hydrogen) atoms. The third kappa shape index (κ3) is 2.99. The van der Waals surface area contributed by atoms with Gasteiger partial charge in [-0.25, -0.2) is 4.39 Å². The standard InChI is InChI=1S/C15H18FNO4/c1-15(14(20)21)7-3-2-4-12(15)17-13(19)10-6-5-9(16)8-11(10)18/h5-6,8,12,18H,2-4,7H2,1H3,(H,17,19)(H,20,21). The average molecular weight is 295 g/mol. The SMILES string of the molecule is CC1(C(=O)O)CCCCC1NC(=O)c1ccc(F)cc1O. The summed E-state index contributed by atoms with van der Waals surface area (Å²) < 4.78 is 12.9. The summed E-state index contributed by atoms with van der Waals surface area (Å²) in [4.78, 5) is 23.6. The number of hydrogen-bond donors (Lipinski definition) is 3. The first-order valence-electron chi connectivity index (χ1n) is 6.87. The predicted octanol–water partition coefficient (Wildman–Crippen LogP) is 2.29. The summed E-state index contributed by atoms with van der Waals surface area (Å²) in [5.74, 6) is -2.64. The van der Waals surface area contributed by atoms with Crippen LogP contribution in [0.2, 0.25) is 0 Å². The third-order valence-electron chi connectivity index (χ3n) is 4.21. The van der Waals surface area contributed by atoms with Crippen LogP contribution in [0.4, 0.5) is 4.39 Å². The molecule has 6 heteroatoms. The zero-order valence-electron chi connectivity index (χ0n) is 11.7. The number of phenols is 1. The highest BCUT2D eigenvalue weighted by atomic mass is 19.1. The molecule has 2 unspecified atom stereocenters. The number of amides is 1. The number of aliphatic carboxylic acids is 1. The molecule has 1 aliphatic rings. The molecule has 1 saturated carbocycles. The molecule has 1 aromatic rings. The van der Waals surface area contributed by atoms with E-state index in [1.165, 1.54) is 6.07 Å². The van der Waals surface area contributed by atoms with Crippen LogP contribution in [0.15, 0.2) is 18.2 Å². The molecule has 0 bridgehead atoms. The van der Waals surface area contributed by atoms with Gasteiger partial charge in [-0.05, 0) is 31.9 Å². The van der Waals surface area contributed by atoms with Crippen molar-refractivity contribution in [2.24, 2.45) is 5.41 Å². The molecule has 0 spiro atoms. The van der Waals surface area contributed by atoms with Gasteiger partial charge in [-0.2, -0.15) is 0 Å². The van der Waals surface area contributed by atoms with Gasteiger partial charge in [0.2, 0.25) is 0 Å². The topological polar surface area (TPSA) is 86.6 Å². The van der Waals surface area contributed by atoms with Gasteiger partial charge in [-0.3, -0.25) is 9.59 Å². The maximum atomic E-state index is 12.9. The van der Waals surface area contributed by atoms with E-state index >= 15 is 0 Å². The molecule has 114 valence electrons. The van der Waals surface area contributed by atoms with Crippen LogP contribution in [0.5, 0.6) is 5.75 Å². The second-order valence-corrected chi connectivity index (χ2v) is 5.66. The smallest absolute Gasteiger partial charge is 0.311 e. The predicted molar refractivity (Wildman–Crippen MR) is 73.5 cm³/mol. The van der Waals surface area contributed by atoms with Crippen LogP contribution in [-0.4, -0.2) is 28.1 Å². The van der Waals surface area contributed by atoms with Gasteiger partial charge in [0.05, 0.1) is 11.0 Å². The number of benzene rings is 1. The minimum absolute atomic E-state index is 0.0605. The maximum absolute atomic E-state index is 12.9. The van der Waals surface area contributed by atoms with Crippen molar-refractivity contribution in [2.75, 3.05) is 0 Å². The van der Waals surface area contributed by atoms with Gasteiger partial charge in [0.25, 0.3) is 5.91 Å². The number of carbonyl (C=O) groups is 2. The van der Waals surface area contributed by atoms with E-state index in [9.17, 15) is 24.2 Å². The van der Waals surface area contributed by atoms with E-state index in [1.807, 2.05) is 0 Å². The highest BCUT2D eigenvalue weighted by Crippen LogP contribution is 2.36. The number of halogens is 1. The molecular formula is C15H18FNO4. The monoisotopic (exact) mass is 295 g/mol. The van der Waals surface area contributed by atoms with E-state index in [1.54, 1.807) is 6.92 Å². The number of carbonyl (C=O) groups excluding carboxylic acids is 1. The van der Waals surface area contributed by atoms with Crippen LogP contribution in [0.25, 0.3) is 0 Å². The van der Waals surface area contributed by atoms with Gasteiger partial charge in [0.1, 0.15) is 11.6 Å². The molecule has 1 aromatic carbocycles. The van der Waals surface area contributed by atoms with Crippen molar-refractivity contribution in [2.45, 2.75) is 38.6 Å². The summed E-state index contributed by atoms with van der Waals surface area (Å²) in [6, 6.07) is 2.60. The van der Waals surface area contributed by atoms with Crippen molar-refractivity contribution in [1.29, 1.82) is 0 Å². The van der Waals surface area contributed by atoms with Gasteiger partial charge in [-0.1, -0.05) is 12.8 Å². The summed E-state index contributed by atoms with van der Waals surface area (Å²) in [5, 5.41) is 21.7. The lowest BCUT2D eigenvalue weighted by Crippen LogP contribution is -2.52. The van der Waals surface area contributed by atoms with Crippen LogP contribution in [0.1, 0.15) is 43.0 Å². The molecule has 1 aliphatic carbocycles. The summed E-state index contributed by atoms with van der Waals surface area (Å²) in [6.07, 6.45) is 2.69. The van der Waals surface area contributed by atoms with E-state index < -0.39 is 34.9 Å². The molecule has 0 saturated heterocycles. The molecule has 0 heterocycles. The Morgan fingerprint density at radius 2 is 2.10 bits per heavy atom. The van der Waals surface area contributed by atoms with Crippen molar-refractivity contribution in [3.8, 4) is 5.75 Å². The number of nitrogens with one attached hydrogen (secondary N) is 1. The second kappa shape index (κ2) is 5.71. The molecule has 2 rings (SSSR count). The Labute approximate surface area is 121 Å². The largest absolute Gasteiger partial charge is 0.507 e. The number of phenolic OH excluding ortho intramolecular Hbond substituents is 1. The second-order valence-electron chi connectivity index (χ2n) is 5.66. The molecule has 2 atom stereocenters. The van der Waals surface area contributed by atoms with E-state index in [0.717, 1.165) is 25.0 Å². The fourth-order valence-corrected chi connectivity index (χ4v) is 2.75. The molecule has 5 nitrogen and oxygen atoms in total. The summed E-state index contributed by atoms with van der Waals surface area (Å²) in [6.45, 7) is 1.62. The first kappa shape index (κ1) is 15.3. The normalized spacial score (nSPS) is 25.3. The first-order valence-corrected chi connectivity index (χ1v) is 6.87. The number of hydrogen-bond acceptors (Lipinski definition) is 3. The quantitative estimate of drug-likeness (QED) is 0.798. The third-order valence-corrected chi connectivity index (χ3v) is 4.21. The van der Waals surface area contributed by atoms with Gasteiger partial charge in [0.15, 0.2) is 0 Å². The molecule has 0 aromatic heterocycles. The first-order chi connectivity index (χ1) is 9.84. The van der Waals surface area contributed by atoms with Crippen LogP contribution in [0.3, 0.4) is 0 Å². The molecule has 0 aliphatic heterocycles. The molecule has 1 fully saturated rings. The summed E-state index contributed by atoms with van der Waals surface area (Å²) >= 11 is 0. The van der Waals surface area contributed by atoms with Crippen LogP contribution < -0.4 is 5.32 Å². The van der Waals surface area contributed by atoms with Crippen LogP contribution >= 0.6 is 0 Å². The Bertz CT molecular complexity index is 575. The Balaban J connectivity index is 2.19. The lowest BCUT2D eigenvalue weighted by molar-refractivity contribution is -0.151. The lowest BCUT2D eigenvalue weighted by Gasteiger charge is -2.38. The van der Waals surface area contributed by atoms with E-state index in [-0.39, 0.29) is 5.56 Å². The van der Waals surface area contributed by atoms with Gasteiger partial charge >= 0.3 is 5.97 Å². The Morgan fingerprint density at radius 1 is 1.38 bits per heavy atom. The van der Waals surface area contributed by atoms with Gasteiger partial charge in [0, 0.05) is 12.1 Å². The lowest BCUT2D eigenvalue weighted by atomic mass is 9.71. The number of rotatable bonds is 3. The fraction of sp³-hybridized carbons (Fsp3) is 0.467. The van der Waals surface area contributed by atoms with Crippen molar-refractivity contribution in [1.82, 2.24) is 5.32 Å².